The van der Waals surface area contributed by atoms with Gasteiger partial charge in [-0.2, -0.15) is 9.65 Å². The number of amides is 1. The molecule has 1 unspecified atom stereocenters. The highest BCUT2D eigenvalue weighted by Crippen LogP contribution is 2.46. The van der Waals surface area contributed by atoms with Crippen molar-refractivity contribution >= 4 is 17.3 Å². The van der Waals surface area contributed by atoms with Crippen molar-refractivity contribution in [3.63, 3.8) is 0 Å². The number of aromatic nitrogens is 2. The number of halogens is 1. The van der Waals surface area contributed by atoms with Crippen molar-refractivity contribution in [2.75, 3.05) is 13.1 Å². The van der Waals surface area contributed by atoms with Gasteiger partial charge in [-0.1, -0.05) is 19.9 Å². The fourth-order valence-electron chi connectivity index (χ4n) is 4.60. The second-order valence-electron chi connectivity index (χ2n) is 8.21. The number of likely N-dealkylation sites (tertiary alicyclic amines) is 1. The molecule has 1 amide bonds. The summed E-state index contributed by atoms with van der Waals surface area (Å²) < 4.78 is 17.0. The fourth-order valence-corrected chi connectivity index (χ4v) is 4.60. The van der Waals surface area contributed by atoms with Crippen molar-refractivity contribution in [3.8, 4) is 17.2 Å². The van der Waals surface area contributed by atoms with E-state index >= 15 is 4.39 Å². The predicted molar refractivity (Wildman–Crippen MR) is 103 cm³/mol. The highest BCUT2D eigenvalue weighted by atomic mass is 19.1. The Hall–Kier alpha value is -3.27. The molecule has 7 heteroatoms. The number of ketones is 1. The molecular formula is C22H19FN4O2. The standard InChI is InChI=1S/C22H19FN4O2/c1-11(2)19(22(29)26-8-12(7-24)9-26)27-10-15-18(21(27)23)13-5-6-25-16-4-3-14(17(13)16)20(15)28/h3,5-6,10-12,19H,4,8-9H2,1-2H3. The molecule has 0 aromatic carbocycles. The lowest BCUT2D eigenvalue weighted by molar-refractivity contribution is -0.141. The molecule has 146 valence electrons. The third kappa shape index (κ3) is 2.35. The lowest BCUT2D eigenvalue weighted by Crippen LogP contribution is -2.52. The lowest BCUT2D eigenvalue weighted by Gasteiger charge is -2.39. The van der Waals surface area contributed by atoms with Crippen LogP contribution in [0.3, 0.4) is 0 Å². The van der Waals surface area contributed by atoms with Gasteiger partial charge in [-0.05, 0) is 17.5 Å². The topological polar surface area (TPSA) is 79.0 Å². The van der Waals surface area contributed by atoms with Crippen molar-refractivity contribution in [2.24, 2.45) is 11.8 Å². The van der Waals surface area contributed by atoms with E-state index in [2.05, 4.69) is 11.1 Å². The third-order valence-electron chi connectivity index (χ3n) is 6.09. The number of carbonyl (C=O) groups is 2. The zero-order chi connectivity index (χ0) is 20.4. The minimum Gasteiger partial charge on any atom is -0.338 e. The maximum Gasteiger partial charge on any atom is 0.246 e. The van der Waals surface area contributed by atoms with Gasteiger partial charge in [-0.25, -0.2) is 0 Å². The van der Waals surface area contributed by atoms with Crippen molar-refractivity contribution in [2.45, 2.75) is 26.3 Å². The van der Waals surface area contributed by atoms with Crippen LogP contribution in [0.1, 0.15) is 41.5 Å². The Kier molecular flexibility index (Phi) is 3.75. The van der Waals surface area contributed by atoms with Gasteiger partial charge in [0.15, 0.2) is 5.78 Å². The van der Waals surface area contributed by atoms with E-state index in [0.29, 0.717) is 36.2 Å². The number of carbonyl (C=O) groups excluding carboxylic acids is 2. The number of nitrogens with zero attached hydrogens (tertiary/aromatic N) is 4. The summed E-state index contributed by atoms with van der Waals surface area (Å²) in [7, 11) is 0. The Bertz CT molecular complexity index is 1150. The summed E-state index contributed by atoms with van der Waals surface area (Å²) >= 11 is 0. The highest BCUT2D eigenvalue weighted by molar-refractivity contribution is 6.35. The van der Waals surface area contributed by atoms with Crippen LogP contribution in [0.5, 0.6) is 0 Å². The molecule has 2 aromatic rings. The predicted octanol–water partition coefficient (Wildman–Crippen LogP) is 3.00. The number of rotatable bonds is 3. The average molecular weight is 390 g/mol. The van der Waals surface area contributed by atoms with Crippen LogP contribution in [0, 0.1) is 29.1 Å². The van der Waals surface area contributed by atoms with Crippen LogP contribution in [-0.4, -0.2) is 39.2 Å². The minimum atomic E-state index is -0.770. The van der Waals surface area contributed by atoms with Gasteiger partial charge in [-0.3, -0.25) is 14.6 Å². The van der Waals surface area contributed by atoms with Crippen LogP contribution < -0.4 is 0 Å². The van der Waals surface area contributed by atoms with E-state index in [0.717, 1.165) is 5.69 Å². The summed E-state index contributed by atoms with van der Waals surface area (Å²) in [5.41, 5.74) is 3.27. The second kappa shape index (κ2) is 6.11. The summed E-state index contributed by atoms with van der Waals surface area (Å²) in [6.45, 7) is 4.44. The van der Waals surface area contributed by atoms with Gasteiger partial charge in [0.25, 0.3) is 0 Å². The molecule has 1 aliphatic heterocycles. The van der Waals surface area contributed by atoms with Gasteiger partial charge in [0.1, 0.15) is 6.04 Å². The summed E-state index contributed by atoms with van der Waals surface area (Å²) in [6, 6.07) is 3.11. The zero-order valence-corrected chi connectivity index (χ0v) is 16.1. The van der Waals surface area contributed by atoms with Crippen molar-refractivity contribution in [1.29, 1.82) is 5.26 Å². The van der Waals surface area contributed by atoms with Crippen molar-refractivity contribution in [1.82, 2.24) is 14.5 Å². The summed E-state index contributed by atoms with van der Waals surface area (Å²) in [4.78, 5) is 32.0. The van der Waals surface area contributed by atoms with Gasteiger partial charge < -0.3 is 9.47 Å². The van der Waals surface area contributed by atoms with Crippen molar-refractivity contribution < 1.29 is 14.0 Å². The van der Waals surface area contributed by atoms with Crippen molar-refractivity contribution in [3.05, 3.63) is 47.3 Å². The molecule has 5 rings (SSSR count). The van der Waals surface area contributed by atoms with Gasteiger partial charge in [0.2, 0.25) is 11.9 Å². The third-order valence-corrected chi connectivity index (χ3v) is 6.09. The fraction of sp³-hybridized carbons (Fsp3) is 0.364. The molecule has 1 atom stereocenters. The van der Waals surface area contributed by atoms with Gasteiger partial charge in [0, 0.05) is 48.6 Å². The van der Waals surface area contributed by atoms with E-state index in [1.165, 1.54) is 10.8 Å². The number of Topliss-reactive ketones (excluding diaryl/α,β-unsaturated/α-hetero) is 1. The Morgan fingerprint density at radius 3 is 2.76 bits per heavy atom. The number of fused-ring (bicyclic) bond motifs is 2. The summed E-state index contributed by atoms with van der Waals surface area (Å²) in [6.07, 6.45) is 5.53. The molecule has 2 aromatic heterocycles. The smallest absolute Gasteiger partial charge is 0.246 e. The Morgan fingerprint density at radius 1 is 1.31 bits per heavy atom. The first-order valence-electron chi connectivity index (χ1n) is 9.74. The maximum atomic E-state index is 15.7. The number of nitriles is 1. The van der Waals surface area contributed by atoms with E-state index in [1.54, 1.807) is 17.2 Å². The molecule has 0 saturated carbocycles. The van der Waals surface area contributed by atoms with Gasteiger partial charge in [0.05, 0.1) is 23.2 Å². The molecule has 2 aliphatic carbocycles. The Balaban J connectivity index is 1.62. The molecule has 3 aliphatic rings. The van der Waals surface area contributed by atoms with E-state index in [4.69, 9.17) is 5.26 Å². The highest BCUT2D eigenvalue weighted by Gasteiger charge is 2.41. The van der Waals surface area contributed by atoms with Crippen LogP contribution in [0.25, 0.3) is 16.7 Å². The average Bonchev–Trinajstić information content (AvgIpc) is 3.22. The molecule has 29 heavy (non-hydrogen) atoms. The van der Waals surface area contributed by atoms with E-state index in [-0.39, 0.29) is 34.7 Å². The van der Waals surface area contributed by atoms with Crippen LogP contribution in [0.15, 0.2) is 24.5 Å². The molecule has 0 bridgehead atoms. The van der Waals surface area contributed by atoms with Gasteiger partial charge >= 0.3 is 0 Å². The molecule has 0 N–H and O–H groups in total. The molecule has 0 radical (unpaired) electrons. The molecule has 1 saturated heterocycles. The van der Waals surface area contributed by atoms with Crippen LogP contribution in [0.4, 0.5) is 4.39 Å². The number of allylic oxidation sites excluding steroid dienone is 2. The normalized spacial score (nSPS) is 18.1. The zero-order valence-electron chi connectivity index (χ0n) is 16.1. The first kappa shape index (κ1) is 17.8. The molecule has 6 nitrogen and oxygen atoms in total. The quantitative estimate of drug-likeness (QED) is 0.807. The number of pyridine rings is 1. The second-order valence-corrected chi connectivity index (χ2v) is 8.21. The maximum absolute atomic E-state index is 15.7. The number of hydrogen-bond acceptors (Lipinski definition) is 4. The summed E-state index contributed by atoms with van der Waals surface area (Å²) in [5.74, 6) is -1.36. The molecular weight excluding hydrogens is 371 g/mol. The summed E-state index contributed by atoms with van der Waals surface area (Å²) in [5, 5.41) is 8.98. The van der Waals surface area contributed by atoms with E-state index < -0.39 is 12.0 Å². The Morgan fingerprint density at radius 2 is 2.07 bits per heavy atom. The van der Waals surface area contributed by atoms with Crippen LogP contribution >= 0.6 is 0 Å². The Labute approximate surface area is 167 Å². The lowest BCUT2D eigenvalue weighted by atomic mass is 9.85. The first-order chi connectivity index (χ1) is 13.9. The van der Waals surface area contributed by atoms with E-state index in [1.807, 2.05) is 19.9 Å². The minimum absolute atomic E-state index is 0.167. The SMILES string of the molecule is CC(C)C(C(=O)N1CC(C#N)C1)n1cc2c(c1F)-c1ccnc3c1C(=CC3)C2=O. The van der Waals surface area contributed by atoms with Crippen LogP contribution in [0.2, 0.25) is 0 Å². The van der Waals surface area contributed by atoms with E-state index in [9.17, 15) is 9.59 Å². The molecule has 3 heterocycles. The number of hydrogen-bond donors (Lipinski definition) is 0. The first-order valence-corrected chi connectivity index (χ1v) is 9.74. The largest absolute Gasteiger partial charge is 0.338 e. The van der Waals surface area contributed by atoms with Crippen LogP contribution in [-0.2, 0) is 11.2 Å². The molecule has 0 spiro atoms. The molecule has 1 fully saturated rings. The monoisotopic (exact) mass is 390 g/mol. The van der Waals surface area contributed by atoms with Gasteiger partial charge in [-0.15, -0.1) is 0 Å².